The summed E-state index contributed by atoms with van der Waals surface area (Å²) in [6.07, 6.45) is 3.12. The van der Waals surface area contributed by atoms with Crippen LogP contribution in [0.2, 0.25) is 0 Å². The minimum Gasteiger partial charge on any atom is -0.497 e. The number of benzene rings is 2. The second-order valence-corrected chi connectivity index (χ2v) is 7.97. The quantitative estimate of drug-likeness (QED) is 0.458. The number of rotatable bonds is 10. The largest absolute Gasteiger partial charge is 0.497 e. The molecule has 2 aromatic carbocycles. The van der Waals surface area contributed by atoms with Crippen LogP contribution >= 0.6 is 11.3 Å². The monoisotopic (exact) mass is 453 g/mol. The van der Waals surface area contributed by atoms with Crippen molar-refractivity contribution in [2.24, 2.45) is 0 Å². The third-order valence-electron chi connectivity index (χ3n) is 4.54. The van der Waals surface area contributed by atoms with Crippen LogP contribution in [0.15, 0.2) is 53.9 Å². The Morgan fingerprint density at radius 1 is 1.12 bits per heavy atom. The Labute approximate surface area is 192 Å². The van der Waals surface area contributed by atoms with E-state index in [0.29, 0.717) is 23.2 Å². The number of carbonyl (C=O) groups excluding carboxylic acids is 1. The molecular formula is C24H27N3O4S. The molecule has 0 aliphatic heterocycles. The summed E-state index contributed by atoms with van der Waals surface area (Å²) in [6, 6.07) is 13.2. The van der Waals surface area contributed by atoms with Gasteiger partial charge in [-0.1, -0.05) is 12.1 Å². The summed E-state index contributed by atoms with van der Waals surface area (Å²) in [5.41, 5.74) is 2.38. The number of nitrogens with one attached hydrogen (secondary N) is 1. The zero-order chi connectivity index (χ0) is 22.9. The van der Waals surface area contributed by atoms with Crippen LogP contribution in [0.5, 0.6) is 17.2 Å². The Balaban J connectivity index is 1.68. The van der Waals surface area contributed by atoms with Crippen molar-refractivity contribution in [3.8, 4) is 28.5 Å². The smallest absolute Gasteiger partial charge is 0.250 e. The number of amides is 1. The summed E-state index contributed by atoms with van der Waals surface area (Å²) in [6.45, 7) is 1.40. The number of ether oxygens (including phenoxy) is 3. The van der Waals surface area contributed by atoms with Crippen molar-refractivity contribution in [1.82, 2.24) is 9.88 Å². The number of aromatic nitrogens is 1. The average molecular weight is 454 g/mol. The molecule has 8 heteroatoms. The predicted octanol–water partition coefficient (Wildman–Crippen LogP) is 4.42. The zero-order valence-electron chi connectivity index (χ0n) is 18.6. The topological polar surface area (TPSA) is 72.9 Å². The number of methoxy groups -OCH3 is 2. The van der Waals surface area contributed by atoms with Crippen LogP contribution in [0.25, 0.3) is 17.3 Å². The van der Waals surface area contributed by atoms with Gasteiger partial charge in [-0.05, 0) is 50.5 Å². The van der Waals surface area contributed by atoms with E-state index in [9.17, 15) is 4.79 Å². The SMILES string of the molecule is COc1ccc(OC)c(/C=C/C(=O)Nc2nc(-c3ccccc3OCCN(C)C)cs2)c1. The number of thiazole rings is 1. The minimum absolute atomic E-state index is 0.286. The molecular weight excluding hydrogens is 426 g/mol. The van der Waals surface area contributed by atoms with Gasteiger partial charge in [0.1, 0.15) is 23.9 Å². The number of carbonyl (C=O) groups is 1. The Morgan fingerprint density at radius 2 is 1.94 bits per heavy atom. The maximum Gasteiger partial charge on any atom is 0.250 e. The van der Waals surface area contributed by atoms with Crippen molar-refractivity contribution >= 4 is 28.5 Å². The van der Waals surface area contributed by atoms with Gasteiger partial charge in [-0.2, -0.15) is 0 Å². The second kappa shape index (κ2) is 11.3. The van der Waals surface area contributed by atoms with Gasteiger partial charge in [0.05, 0.1) is 19.9 Å². The molecule has 1 aromatic heterocycles. The van der Waals surface area contributed by atoms with E-state index in [2.05, 4.69) is 15.2 Å². The maximum atomic E-state index is 12.4. The fourth-order valence-corrected chi connectivity index (χ4v) is 3.59. The predicted molar refractivity (Wildman–Crippen MR) is 129 cm³/mol. The number of anilines is 1. The molecule has 0 saturated heterocycles. The van der Waals surface area contributed by atoms with E-state index in [0.717, 1.165) is 29.1 Å². The van der Waals surface area contributed by atoms with Crippen molar-refractivity contribution in [3.05, 3.63) is 59.5 Å². The molecule has 0 aliphatic carbocycles. The highest BCUT2D eigenvalue weighted by Gasteiger charge is 2.11. The van der Waals surface area contributed by atoms with Crippen molar-refractivity contribution in [2.75, 3.05) is 46.8 Å². The van der Waals surface area contributed by atoms with Crippen LogP contribution in [0, 0.1) is 0 Å². The highest BCUT2D eigenvalue weighted by atomic mass is 32.1. The molecule has 3 rings (SSSR count). The molecule has 0 radical (unpaired) electrons. The standard InChI is InChI=1S/C24H27N3O4S/c1-27(2)13-14-31-22-8-6-5-7-19(22)20-16-32-24(25-20)26-23(28)12-9-17-15-18(29-3)10-11-21(17)30-4/h5-12,15-16H,13-14H2,1-4H3,(H,25,26,28)/b12-9+. The first-order valence-electron chi connectivity index (χ1n) is 10.0. The highest BCUT2D eigenvalue weighted by molar-refractivity contribution is 7.14. The number of hydrogen-bond donors (Lipinski definition) is 1. The molecule has 32 heavy (non-hydrogen) atoms. The molecule has 3 aromatic rings. The summed E-state index contributed by atoms with van der Waals surface area (Å²) in [4.78, 5) is 19.0. The van der Waals surface area contributed by atoms with E-state index < -0.39 is 0 Å². The summed E-state index contributed by atoms with van der Waals surface area (Å²) in [5, 5.41) is 5.22. The van der Waals surface area contributed by atoms with E-state index in [1.807, 2.05) is 43.7 Å². The van der Waals surface area contributed by atoms with Gasteiger partial charge in [0, 0.05) is 29.1 Å². The van der Waals surface area contributed by atoms with Gasteiger partial charge in [-0.25, -0.2) is 4.98 Å². The van der Waals surface area contributed by atoms with Gasteiger partial charge in [-0.3, -0.25) is 10.1 Å². The lowest BCUT2D eigenvalue weighted by Gasteiger charge is -2.13. The summed E-state index contributed by atoms with van der Waals surface area (Å²) in [5.74, 6) is 1.81. The normalized spacial score (nSPS) is 11.0. The molecule has 0 aliphatic rings. The van der Waals surface area contributed by atoms with Gasteiger partial charge in [0.15, 0.2) is 5.13 Å². The minimum atomic E-state index is -0.286. The third kappa shape index (κ3) is 6.32. The van der Waals surface area contributed by atoms with Crippen molar-refractivity contribution < 1.29 is 19.0 Å². The van der Waals surface area contributed by atoms with Crippen molar-refractivity contribution in [1.29, 1.82) is 0 Å². The molecule has 0 atom stereocenters. The summed E-state index contributed by atoms with van der Waals surface area (Å²) >= 11 is 1.36. The van der Waals surface area contributed by atoms with Crippen LogP contribution in [0.1, 0.15) is 5.56 Å². The first kappa shape index (κ1) is 23.3. The lowest BCUT2D eigenvalue weighted by molar-refractivity contribution is -0.111. The van der Waals surface area contributed by atoms with Crippen LogP contribution in [-0.4, -0.2) is 57.3 Å². The Bertz CT molecular complexity index is 1080. The fourth-order valence-electron chi connectivity index (χ4n) is 2.88. The van der Waals surface area contributed by atoms with E-state index in [4.69, 9.17) is 14.2 Å². The number of hydrogen-bond acceptors (Lipinski definition) is 7. The lowest BCUT2D eigenvalue weighted by atomic mass is 10.1. The molecule has 1 amide bonds. The number of nitrogens with zero attached hydrogens (tertiary/aromatic N) is 2. The zero-order valence-corrected chi connectivity index (χ0v) is 19.4. The van der Waals surface area contributed by atoms with Gasteiger partial charge in [-0.15, -0.1) is 11.3 Å². The molecule has 7 nitrogen and oxygen atoms in total. The van der Waals surface area contributed by atoms with Crippen LogP contribution in [0.4, 0.5) is 5.13 Å². The molecule has 0 bridgehead atoms. The maximum absolute atomic E-state index is 12.4. The van der Waals surface area contributed by atoms with E-state index in [-0.39, 0.29) is 5.91 Å². The Morgan fingerprint density at radius 3 is 2.69 bits per heavy atom. The molecule has 0 spiro atoms. The van der Waals surface area contributed by atoms with Gasteiger partial charge < -0.3 is 19.1 Å². The third-order valence-corrected chi connectivity index (χ3v) is 5.30. The second-order valence-electron chi connectivity index (χ2n) is 7.12. The molecule has 0 fully saturated rings. The highest BCUT2D eigenvalue weighted by Crippen LogP contribution is 2.32. The van der Waals surface area contributed by atoms with Crippen molar-refractivity contribution in [3.63, 3.8) is 0 Å². The molecule has 168 valence electrons. The molecule has 1 heterocycles. The van der Waals surface area contributed by atoms with Crippen LogP contribution < -0.4 is 19.5 Å². The number of likely N-dealkylation sites (N-methyl/N-ethyl adjacent to an activating group) is 1. The first-order valence-corrected chi connectivity index (χ1v) is 10.9. The summed E-state index contributed by atoms with van der Waals surface area (Å²) < 4.78 is 16.5. The van der Waals surface area contributed by atoms with E-state index in [1.165, 1.54) is 17.4 Å². The van der Waals surface area contributed by atoms with Crippen LogP contribution in [0.3, 0.4) is 0 Å². The lowest BCUT2D eigenvalue weighted by Crippen LogP contribution is -2.19. The average Bonchev–Trinajstić information content (AvgIpc) is 3.25. The van der Waals surface area contributed by atoms with Crippen molar-refractivity contribution in [2.45, 2.75) is 0 Å². The van der Waals surface area contributed by atoms with Crippen LogP contribution in [-0.2, 0) is 4.79 Å². The van der Waals surface area contributed by atoms with Gasteiger partial charge in [0.25, 0.3) is 0 Å². The molecule has 0 saturated carbocycles. The molecule has 0 unspecified atom stereocenters. The molecule has 1 N–H and O–H groups in total. The van der Waals surface area contributed by atoms with Gasteiger partial charge >= 0.3 is 0 Å². The van der Waals surface area contributed by atoms with E-state index >= 15 is 0 Å². The first-order chi connectivity index (χ1) is 15.5. The Kier molecular flexibility index (Phi) is 8.24. The van der Waals surface area contributed by atoms with E-state index in [1.54, 1.807) is 38.5 Å². The summed E-state index contributed by atoms with van der Waals surface area (Å²) in [7, 11) is 7.18. The Hall–Kier alpha value is -3.36. The van der Waals surface area contributed by atoms with Gasteiger partial charge in [0.2, 0.25) is 5.91 Å². The fraction of sp³-hybridized carbons (Fsp3) is 0.250. The number of para-hydroxylation sites is 1.